The van der Waals surface area contributed by atoms with Crippen LogP contribution in [0.25, 0.3) is 0 Å². The quantitative estimate of drug-likeness (QED) is 0.663. The molecule has 2 saturated carbocycles. The lowest BCUT2D eigenvalue weighted by molar-refractivity contribution is -1.02. The molecule has 0 aromatic rings. The van der Waals surface area contributed by atoms with E-state index < -0.39 is 0 Å². The minimum absolute atomic E-state index is 0.0326. The van der Waals surface area contributed by atoms with Gasteiger partial charge in [-0.1, -0.05) is 27.2 Å². The largest absolute Gasteiger partial charge is 0.326 e. The molecule has 2 aliphatic carbocycles. The Labute approximate surface area is 170 Å². The molecule has 0 aromatic heterocycles. The van der Waals surface area contributed by atoms with Crippen LogP contribution < -0.4 is 9.80 Å². The number of hydrogen-bond acceptors (Lipinski definition) is 2. The summed E-state index contributed by atoms with van der Waals surface area (Å²) >= 11 is 0. The summed E-state index contributed by atoms with van der Waals surface area (Å²) in [6.45, 7) is 13.2. The predicted molar refractivity (Wildman–Crippen MR) is 109 cm³/mol. The predicted octanol–water partition coefficient (Wildman–Crippen LogP) is 0.304. The lowest BCUT2D eigenvalue weighted by Gasteiger charge is -2.47. The number of quaternary nitrogens is 2. The van der Waals surface area contributed by atoms with Gasteiger partial charge in [-0.25, -0.2) is 0 Å². The molecule has 2 amide bonds. The highest BCUT2D eigenvalue weighted by molar-refractivity contribution is 6.03. The number of carbonyl (C=O) groups excluding carboxylic acids is 2. The van der Waals surface area contributed by atoms with Crippen molar-refractivity contribution in [1.82, 2.24) is 4.90 Å². The van der Waals surface area contributed by atoms with Crippen LogP contribution in [0.3, 0.4) is 0 Å². The van der Waals surface area contributed by atoms with Crippen LogP contribution >= 0.6 is 0 Å². The highest BCUT2D eigenvalue weighted by Crippen LogP contribution is 2.59. The summed E-state index contributed by atoms with van der Waals surface area (Å²) in [5.41, 5.74) is -0.547. The summed E-state index contributed by atoms with van der Waals surface area (Å²) < 4.78 is 0. The number of nitrogens with one attached hydrogen (secondary N) is 2. The molecule has 4 fully saturated rings. The van der Waals surface area contributed by atoms with Gasteiger partial charge in [0.25, 0.3) is 0 Å². The van der Waals surface area contributed by atoms with Gasteiger partial charge in [0.2, 0.25) is 11.8 Å². The summed E-state index contributed by atoms with van der Waals surface area (Å²) in [5, 5.41) is 0. The number of hydrogen-bond donors (Lipinski definition) is 2. The zero-order valence-electron chi connectivity index (χ0n) is 18.3. The average Bonchev–Trinajstić information content (AvgIpc) is 2.89. The number of imide groups is 1. The molecular formula is C23H41N3O2+2. The number of fused-ring (bicyclic) bond motifs is 2. The lowest BCUT2D eigenvalue weighted by Crippen LogP contribution is -3.29. The second kappa shape index (κ2) is 7.71. The van der Waals surface area contributed by atoms with Crippen molar-refractivity contribution in [3.8, 4) is 0 Å². The third kappa shape index (κ3) is 3.32. The van der Waals surface area contributed by atoms with E-state index in [0.29, 0.717) is 6.54 Å². The van der Waals surface area contributed by atoms with Gasteiger partial charge >= 0.3 is 0 Å². The molecule has 5 nitrogen and oxygen atoms in total. The maximum atomic E-state index is 13.1. The maximum absolute atomic E-state index is 13.1. The summed E-state index contributed by atoms with van der Waals surface area (Å²) in [6, 6.07) is 0.915. The van der Waals surface area contributed by atoms with Gasteiger partial charge in [0.05, 0.1) is 18.0 Å². The Balaban J connectivity index is 1.25. The Morgan fingerprint density at radius 3 is 2.32 bits per heavy atom. The highest BCUT2D eigenvalue weighted by atomic mass is 16.2. The first kappa shape index (κ1) is 20.3. The highest BCUT2D eigenvalue weighted by Gasteiger charge is 2.64. The maximum Gasteiger partial charge on any atom is 0.235 e. The molecule has 4 rings (SSSR count). The van der Waals surface area contributed by atoms with E-state index in [1.54, 1.807) is 9.80 Å². The topological polar surface area (TPSA) is 46.3 Å². The third-order valence-electron chi connectivity index (χ3n) is 9.20. The number of carbonyl (C=O) groups is 2. The van der Waals surface area contributed by atoms with Crippen LogP contribution in [0.2, 0.25) is 0 Å². The number of likely N-dealkylation sites (tertiary alicyclic amines) is 1. The van der Waals surface area contributed by atoms with Gasteiger partial charge in [0.1, 0.15) is 26.2 Å². The third-order valence-corrected chi connectivity index (χ3v) is 9.20. The molecule has 5 heteroatoms. The first-order chi connectivity index (χ1) is 13.3. The van der Waals surface area contributed by atoms with Crippen molar-refractivity contribution in [1.29, 1.82) is 0 Å². The van der Waals surface area contributed by atoms with Crippen molar-refractivity contribution in [3.63, 3.8) is 0 Å². The average molecular weight is 392 g/mol. The second-order valence-corrected chi connectivity index (χ2v) is 10.8. The molecule has 2 saturated heterocycles. The molecule has 158 valence electrons. The summed E-state index contributed by atoms with van der Waals surface area (Å²) in [7, 11) is 0. The van der Waals surface area contributed by atoms with Crippen LogP contribution in [0, 0.1) is 16.7 Å². The fraction of sp³-hybridized carbons (Fsp3) is 0.913. The number of rotatable bonds is 5. The van der Waals surface area contributed by atoms with Crippen LogP contribution in [-0.4, -0.2) is 62.0 Å². The monoisotopic (exact) mass is 391 g/mol. The summed E-state index contributed by atoms with van der Waals surface area (Å²) in [4.78, 5) is 31.2. The van der Waals surface area contributed by atoms with Crippen molar-refractivity contribution in [2.24, 2.45) is 16.7 Å². The van der Waals surface area contributed by atoms with E-state index in [4.69, 9.17) is 0 Å². The minimum atomic E-state index is -0.354. The van der Waals surface area contributed by atoms with Gasteiger partial charge in [-0.2, -0.15) is 0 Å². The fourth-order valence-electron chi connectivity index (χ4n) is 6.69. The van der Waals surface area contributed by atoms with Gasteiger partial charge in [-0.15, -0.1) is 0 Å². The van der Waals surface area contributed by atoms with E-state index in [-0.39, 0.29) is 28.6 Å². The van der Waals surface area contributed by atoms with Gasteiger partial charge in [0, 0.05) is 18.9 Å². The Morgan fingerprint density at radius 2 is 1.64 bits per heavy atom. The second-order valence-electron chi connectivity index (χ2n) is 10.8. The van der Waals surface area contributed by atoms with Crippen LogP contribution in [0.15, 0.2) is 0 Å². The molecule has 4 aliphatic rings. The van der Waals surface area contributed by atoms with Gasteiger partial charge in [-0.05, 0) is 43.9 Å². The fourth-order valence-corrected chi connectivity index (χ4v) is 6.69. The van der Waals surface area contributed by atoms with Crippen molar-refractivity contribution in [3.05, 3.63) is 0 Å². The van der Waals surface area contributed by atoms with Gasteiger partial charge < -0.3 is 9.80 Å². The number of amides is 2. The van der Waals surface area contributed by atoms with Crippen LogP contribution in [-0.2, 0) is 9.59 Å². The van der Waals surface area contributed by atoms with Gasteiger partial charge in [0.15, 0.2) is 0 Å². The molecule has 2 heterocycles. The molecule has 0 unspecified atom stereocenters. The zero-order valence-corrected chi connectivity index (χ0v) is 18.3. The van der Waals surface area contributed by atoms with E-state index in [1.165, 1.54) is 58.3 Å². The normalized spacial score (nSPS) is 38.8. The van der Waals surface area contributed by atoms with Crippen LogP contribution in [0.1, 0.15) is 72.1 Å². The number of piperidine rings is 1. The van der Waals surface area contributed by atoms with Crippen molar-refractivity contribution >= 4 is 11.8 Å². The summed E-state index contributed by atoms with van der Waals surface area (Å²) in [5.74, 6) is 0.231. The van der Waals surface area contributed by atoms with Crippen molar-refractivity contribution in [2.45, 2.75) is 78.2 Å². The van der Waals surface area contributed by atoms with Gasteiger partial charge in [-0.3, -0.25) is 14.5 Å². The zero-order chi connectivity index (χ0) is 19.9. The van der Waals surface area contributed by atoms with Crippen molar-refractivity contribution < 1.29 is 19.4 Å². The molecule has 2 aliphatic heterocycles. The summed E-state index contributed by atoms with van der Waals surface area (Å²) in [6.07, 6.45) is 9.85. The molecule has 0 radical (unpaired) electrons. The van der Waals surface area contributed by atoms with E-state index >= 15 is 0 Å². The number of nitrogens with zero attached hydrogens (tertiary/aromatic N) is 1. The molecule has 2 atom stereocenters. The number of piperazine rings is 1. The van der Waals surface area contributed by atoms with E-state index in [9.17, 15) is 9.59 Å². The Hall–Kier alpha value is -0.940. The van der Waals surface area contributed by atoms with E-state index in [0.717, 1.165) is 31.8 Å². The van der Waals surface area contributed by atoms with E-state index in [1.807, 2.05) is 4.90 Å². The molecule has 2 N–H and O–H groups in total. The first-order valence-electron chi connectivity index (χ1n) is 11.9. The van der Waals surface area contributed by atoms with E-state index in [2.05, 4.69) is 20.8 Å². The SMILES string of the molecule is CC1(C)[C@@H]2CC[C@]1(C)C(=O)N(CCC[NH+]1CC[NH+](C3CCCCC3)CC1)C2=O. The van der Waals surface area contributed by atoms with Crippen molar-refractivity contribution in [2.75, 3.05) is 39.3 Å². The lowest BCUT2D eigenvalue weighted by atomic mass is 9.62. The van der Waals surface area contributed by atoms with Crippen LogP contribution in [0.4, 0.5) is 0 Å². The smallest absolute Gasteiger partial charge is 0.235 e. The molecule has 0 spiro atoms. The minimum Gasteiger partial charge on any atom is -0.326 e. The Kier molecular flexibility index (Phi) is 5.60. The molecule has 28 heavy (non-hydrogen) atoms. The Morgan fingerprint density at radius 1 is 0.964 bits per heavy atom. The molecule has 0 aromatic carbocycles. The Bertz CT molecular complexity index is 605. The molecule has 2 bridgehead atoms. The molecular weight excluding hydrogens is 350 g/mol. The van der Waals surface area contributed by atoms with Crippen LogP contribution in [0.5, 0.6) is 0 Å². The first-order valence-corrected chi connectivity index (χ1v) is 11.9. The standard InChI is InChI=1S/C23H39N3O2/c1-22(2)19-10-11-23(22,3)21(28)26(20(19)27)13-7-12-24-14-16-25(17-15-24)18-8-5-4-6-9-18/h18-19H,4-17H2,1-3H3/p+2/t19-,23-/m1/s1.